The van der Waals surface area contributed by atoms with Gasteiger partial charge in [0.05, 0.1) is 17.8 Å². The normalized spacial score (nSPS) is 25.3. The molecule has 4 nitrogen and oxygen atoms in total. The molecule has 102 valence electrons. The van der Waals surface area contributed by atoms with Crippen molar-refractivity contribution in [3.05, 3.63) is 18.0 Å². The largest absolute Gasteiger partial charge is 0.393 e. The molecule has 1 saturated carbocycles. The SMILES string of the molecule is CC(C)(C)n1cc(CNC2CCC(O)CC2)cn1. The second kappa shape index (κ2) is 5.41. The second-order valence-corrected chi connectivity index (χ2v) is 6.35. The maximum atomic E-state index is 9.46. The van der Waals surface area contributed by atoms with Crippen LogP contribution in [0.3, 0.4) is 0 Å². The van der Waals surface area contributed by atoms with Crippen molar-refractivity contribution in [1.82, 2.24) is 15.1 Å². The summed E-state index contributed by atoms with van der Waals surface area (Å²) in [5.74, 6) is 0. The first kappa shape index (κ1) is 13.6. The Hall–Kier alpha value is -0.870. The van der Waals surface area contributed by atoms with Gasteiger partial charge in [-0.1, -0.05) is 0 Å². The van der Waals surface area contributed by atoms with Crippen LogP contribution in [0.1, 0.15) is 52.0 Å². The molecule has 1 aliphatic rings. The third-order valence-electron chi connectivity index (χ3n) is 3.61. The Morgan fingerprint density at radius 2 is 2.00 bits per heavy atom. The zero-order chi connectivity index (χ0) is 13.2. The van der Waals surface area contributed by atoms with Gasteiger partial charge in [0.25, 0.3) is 0 Å². The lowest BCUT2D eigenvalue weighted by atomic mass is 9.93. The van der Waals surface area contributed by atoms with Gasteiger partial charge >= 0.3 is 0 Å². The number of aliphatic hydroxyl groups is 1. The first-order chi connectivity index (χ1) is 8.45. The van der Waals surface area contributed by atoms with Gasteiger partial charge in [-0.25, -0.2) is 0 Å². The Morgan fingerprint density at radius 3 is 2.56 bits per heavy atom. The van der Waals surface area contributed by atoms with E-state index in [1.54, 1.807) is 0 Å². The van der Waals surface area contributed by atoms with Crippen LogP contribution in [0.5, 0.6) is 0 Å². The quantitative estimate of drug-likeness (QED) is 0.864. The highest BCUT2D eigenvalue weighted by molar-refractivity contribution is 5.05. The van der Waals surface area contributed by atoms with E-state index in [4.69, 9.17) is 0 Å². The molecule has 0 radical (unpaired) electrons. The molecule has 1 fully saturated rings. The van der Waals surface area contributed by atoms with Crippen molar-refractivity contribution in [2.45, 2.75) is 70.7 Å². The van der Waals surface area contributed by atoms with Crippen LogP contribution in [0.15, 0.2) is 12.4 Å². The Morgan fingerprint density at radius 1 is 1.33 bits per heavy atom. The van der Waals surface area contributed by atoms with Gasteiger partial charge in [-0.15, -0.1) is 0 Å². The first-order valence-electron chi connectivity index (χ1n) is 6.90. The minimum atomic E-state index is -0.0771. The molecule has 2 N–H and O–H groups in total. The van der Waals surface area contributed by atoms with Crippen molar-refractivity contribution in [1.29, 1.82) is 0 Å². The van der Waals surface area contributed by atoms with Crippen molar-refractivity contribution in [3.8, 4) is 0 Å². The van der Waals surface area contributed by atoms with Gasteiger partial charge in [-0.3, -0.25) is 4.68 Å². The monoisotopic (exact) mass is 251 g/mol. The predicted octanol–water partition coefficient (Wildman–Crippen LogP) is 2.03. The minimum Gasteiger partial charge on any atom is -0.393 e. The highest BCUT2D eigenvalue weighted by Gasteiger charge is 2.19. The standard InChI is InChI=1S/C14H25N3O/c1-14(2,3)17-10-11(9-16-17)8-15-12-4-6-13(18)7-5-12/h9-10,12-13,15,18H,4-8H2,1-3H3. The number of rotatable bonds is 3. The van der Waals surface area contributed by atoms with E-state index < -0.39 is 0 Å². The van der Waals surface area contributed by atoms with Crippen molar-refractivity contribution in [3.63, 3.8) is 0 Å². The number of nitrogens with one attached hydrogen (secondary N) is 1. The topological polar surface area (TPSA) is 50.1 Å². The third-order valence-corrected chi connectivity index (χ3v) is 3.61. The van der Waals surface area contributed by atoms with E-state index in [2.05, 4.69) is 37.4 Å². The zero-order valence-corrected chi connectivity index (χ0v) is 11.7. The average molecular weight is 251 g/mol. The molecule has 1 aliphatic carbocycles. The summed E-state index contributed by atoms with van der Waals surface area (Å²) in [7, 11) is 0. The fourth-order valence-corrected chi connectivity index (χ4v) is 2.36. The summed E-state index contributed by atoms with van der Waals surface area (Å²) in [5.41, 5.74) is 1.28. The van der Waals surface area contributed by atoms with E-state index in [1.807, 2.05) is 10.9 Å². The van der Waals surface area contributed by atoms with Gasteiger partial charge in [-0.2, -0.15) is 5.10 Å². The van der Waals surface area contributed by atoms with Gasteiger partial charge < -0.3 is 10.4 Å². The molecule has 2 rings (SSSR count). The lowest BCUT2D eigenvalue weighted by molar-refractivity contribution is 0.116. The van der Waals surface area contributed by atoms with Crippen LogP contribution in [-0.4, -0.2) is 27.0 Å². The Balaban J connectivity index is 1.82. The van der Waals surface area contributed by atoms with Crippen LogP contribution in [-0.2, 0) is 12.1 Å². The lowest BCUT2D eigenvalue weighted by Crippen LogP contribution is -2.34. The molecule has 4 heteroatoms. The van der Waals surface area contributed by atoms with E-state index in [9.17, 15) is 5.11 Å². The van der Waals surface area contributed by atoms with E-state index in [1.165, 1.54) is 5.56 Å². The molecule has 0 amide bonds. The van der Waals surface area contributed by atoms with Crippen LogP contribution in [0.4, 0.5) is 0 Å². The van der Waals surface area contributed by atoms with Crippen LogP contribution < -0.4 is 5.32 Å². The second-order valence-electron chi connectivity index (χ2n) is 6.35. The fourth-order valence-electron chi connectivity index (χ4n) is 2.36. The highest BCUT2D eigenvalue weighted by atomic mass is 16.3. The number of aliphatic hydroxyl groups excluding tert-OH is 1. The van der Waals surface area contributed by atoms with Gasteiger partial charge in [0, 0.05) is 24.3 Å². The Bertz CT molecular complexity index is 373. The van der Waals surface area contributed by atoms with Gasteiger partial charge in [0.2, 0.25) is 0 Å². The van der Waals surface area contributed by atoms with E-state index in [0.29, 0.717) is 6.04 Å². The molecule has 0 bridgehead atoms. The van der Waals surface area contributed by atoms with Crippen molar-refractivity contribution >= 4 is 0 Å². The number of hydrogen-bond donors (Lipinski definition) is 2. The third kappa shape index (κ3) is 3.56. The van der Waals surface area contributed by atoms with Crippen LogP contribution in [0.2, 0.25) is 0 Å². The highest BCUT2D eigenvalue weighted by Crippen LogP contribution is 2.19. The Labute approximate surface area is 109 Å². The number of nitrogens with zero attached hydrogens (tertiary/aromatic N) is 2. The molecule has 1 aromatic rings. The summed E-state index contributed by atoms with van der Waals surface area (Å²) < 4.78 is 2.01. The summed E-state index contributed by atoms with van der Waals surface area (Å²) in [6.45, 7) is 7.33. The maximum Gasteiger partial charge on any atom is 0.0543 e. The number of hydrogen-bond acceptors (Lipinski definition) is 3. The average Bonchev–Trinajstić information content (AvgIpc) is 2.77. The van der Waals surface area contributed by atoms with Crippen molar-refractivity contribution in [2.75, 3.05) is 0 Å². The van der Waals surface area contributed by atoms with Gasteiger partial charge in [0.15, 0.2) is 0 Å². The van der Waals surface area contributed by atoms with E-state index in [-0.39, 0.29) is 11.6 Å². The summed E-state index contributed by atoms with van der Waals surface area (Å²) in [5, 5.41) is 17.4. The zero-order valence-electron chi connectivity index (χ0n) is 11.7. The molecule has 1 aromatic heterocycles. The summed E-state index contributed by atoms with van der Waals surface area (Å²) in [6.07, 6.45) is 7.99. The molecule has 0 spiro atoms. The molecule has 0 unspecified atom stereocenters. The van der Waals surface area contributed by atoms with Crippen LogP contribution in [0, 0.1) is 0 Å². The summed E-state index contributed by atoms with van der Waals surface area (Å²) in [4.78, 5) is 0. The van der Waals surface area contributed by atoms with Crippen LogP contribution in [0.25, 0.3) is 0 Å². The predicted molar refractivity (Wildman–Crippen MR) is 72.3 cm³/mol. The molecule has 0 aromatic carbocycles. The molecular formula is C14H25N3O. The Kier molecular flexibility index (Phi) is 4.07. The maximum absolute atomic E-state index is 9.46. The molecular weight excluding hydrogens is 226 g/mol. The molecule has 1 heterocycles. The summed E-state index contributed by atoms with van der Waals surface area (Å²) >= 11 is 0. The smallest absolute Gasteiger partial charge is 0.0543 e. The van der Waals surface area contributed by atoms with E-state index >= 15 is 0 Å². The van der Waals surface area contributed by atoms with E-state index in [0.717, 1.165) is 32.2 Å². The lowest BCUT2D eigenvalue weighted by Gasteiger charge is -2.26. The van der Waals surface area contributed by atoms with Crippen molar-refractivity contribution in [2.24, 2.45) is 0 Å². The van der Waals surface area contributed by atoms with Gasteiger partial charge in [-0.05, 0) is 46.5 Å². The molecule has 0 atom stereocenters. The summed E-state index contributed by atoms with van der Waals surface area (Å²) in [6, 6.07) is 0.548. The van der Waals surface area contributed by atoms with Crippen LogP contribution >= 0.6 is 0 Å². The fraction of sp³-hybridized carbons (Fsp3) is 0.786. The molecule has 0 saturated heterocycles. The first-order valence-corrected chi connectivity index (χ1v) is 6.90. The minimum absolute atomic E-state index is 0.0488. The number of aromatic nitrogens is 2. The molecule has 0 aliphatic heterocycles. The van der Waals surface area contributed by atoms with Gasteiger partial charge in [0.1, 0.15) is 0 Å². The molecule has 18 heavy (non-hydrogen) atoms. The van der Waals surface area contributed by atoms with Crippen molar-refractivity contribution < 1.29 is 5.11 Å².